The van der Waals surface area contributed by atoms with E-state index in [0.717, 1.165) is 12.8 Å². The Hall–Kier alpha value is -1.93. The van der Waals surface area contributed by atoms with Gasteiger partial charge in [-0.1, -0.05) is 13.3 Å². The first-order chi connectivity index (χ1) is 9.80. The molecule has 0 aromatic carbocycles. The summed E-state index contributed by atoms with van der Waals surface area (Å²) in [5, 5.41) is 6.54. The highest BCUT2D eigenvalue weighted by atomic mass is 19.4. The topological polar surface area (TPSA) is 82.2 Å². The van der Waals surface area contributed by atoms with Crippen molar-refractivity contribution in [3.8, 4) is 0 Å². The van der Waals surface area contributed by atoms with Crippen molar-refractivity contribution in [2.24, 2.45) is 0 Å². The largest absolute Gasteiger partial charge is 0.465 e. The lowest BCUT2D eigenvalue weighted by atomic mass is 10.3. The summed E-state index contributed by atoms with van der Waals surface area (Å²) in [5.74, 6) is -0.630. The van der Waals surface area contributed by atoms with Crippen LogP contribution < -0.4 is 11.1 Å². The quantitative estimate of drug-likeness (QED) is 0.756. The number of rotatable bonds is 7. The number of nitrogens with one attached hydrogen (secondary N) is 1. The summed E-state index contributed by atoms with van der Waals surface area (Å²) in [6, 6.07) is 0. The van der Waals surface area contributed by atoms with E-state index < -0.39 is 25.1 Å². The summed E-state index contributed by atoms with van der Waals surface area (Å²) in [4.78, 5) is 11.7. The molecule has 0 aliphatic heterocycles. The molecule has 0 aliphatic carbocycles. The summed E-state index contributed by atoms with van der Waals surface area (Å²) >= 11 is 0. The average Bonchev–Trinajstić information content (AvgIpc) is 2.70. The summed E-state index contributed by atoms with van der Waals surface area (Å²) in [6.07, 6.45) is -3.64. The zero-order valence-electron chi connectivity index (χ0n) is 12.0. The molecule has 6 nitrogen and oxygen atoms in total. The second-order valence-electron chi connectivity index (χ2n) is 4.47. The highest BCUT2D eigenvalue weighted by molar-refractivity contribution is 5.99. The fourth-order valence-corrected chi connectivity index (χ4v) is 1.70. The van der Waals surface area contributed by atoms with Gasteiger partial charge >= 0.3 is 12.1 Å². The fourth-order valence-electron chi connectivity index (χ4n) is 1.70. The van der Waals surface area contributed by atoms with E-state index in [1.807, 2.05) is 6.92 Å². The molecule has 0 aliphatic rings. The zero-order valence-corrected chi connectivity index (χ0v) is 12.0. The molecular formula is C12H19F3N4O2. The van der Waals surface area contributed by atoms with Gasteiger partial charge in [-0.15, -0.1) is 0 Å². The van der Waals surface area contributed by atoms with Gasteiger partial charge in [0.05, 0.1) is 13.5 Å². The van der Waals surface area contributed by atoms with E-state index in [1.165, 1.54) is 11.8 Å². The number of alkyl halides is 3. The maximum atomic E-state index is 12.2. The number of methoxy groups -OCH3 is 1. The van der Waals surface area contributed by atoms with E-state index in [9.17, 15) is 18.0 Å². The normalized spacial score (nSPS) is 11.5. The molecule has 0 spiro atoms. The Morgan fingerprint density at radius 1 is 1.48 bits per heavy atom. The predicted molar refractivity (Wildman–Crippen MR) is 72.0 cm³/mol. The minimum absolute atomic E-state index is 0.0136. The number of hydrogen-bond acceptors (Lipinski definition) is 5. The minimum Gasteiger partial charge on any atom is -0.465 e. The monoisotopic (exact) mass is 308 g/mol. The Morgan fingerprint density at radius 3 is 2.67 bits per heavy atom. The molecule has 0 saturated carbocycles. The Bertz CT molecular complexity index is 486. The van der Waals surface area contributed by atoms with Crippen molar-refractivity contribution in [1.29, 1.82) is 0 Å². The fraction of sp³-hybridized carbons (Fsp3) is 0.667. The van der Waals surface area contributed by atoms with E-state index in [2.05, 4.69) is 15.2 Å². The van der Waals surface area contributed by atoms with Gasteiger partial charge in [0, 0.05) is 13.1 Å². The first-order valence-electron chi connectivity index (χ1n) is 6.55. The number of esters is 1. The number of anilines is 2. The molecule has 3 N–H and O–H groups in total. The third-order valence-corrected chi connectivity index (χ3v) is 2.81. The number of aromatic nitrogens is 2. The summed E-state index contributed by atoms with van der Waals surface area (Å²) < 4.78 is 42.4. The SMILES string of the molecule is CCCCn1nc(NCCC(F)(F)F)c(C(=O)OC)c1N. The van der Waals surface area contributed by atoms with Gasteiger partial charge in [-0.05, 0) is 6.42 Å². The summed E-state index contributed by atoms with van der Waals surface area (Å²) in [5.41, 5.74) is 5.78. The molecule has 1 aromatic rings. The van der Waals surface area contributed by atoms with E-state index in [4.69, 9.17) is 5.73 Å². The highest BCUT2D eigenvalue weighted by Gasteiger charge is 2.28. The van der Waals surface area contributed by atoms with Crippen LogP contribution in [0.2, 0.25) is 0 Å². The van der Waals surface area contributed by atoms with Crippen molar-refractivity contribution in [3.05, 3.63) is 5.56 Å². The maximum absolute atomic E-state index is 12.2. The summed E-state index contributed by atoms with van der Waals surface area (Å²) in [7, 11) is 1.17. The van der Waals surface area contributed by atoms with Gasteiger partial charge in [-0.25, -0.2) is 9.48 Å². The molecule has 0 saturated heterocycles. The number of unbranched alkanes of at least 4 members (excludes halogenated alkanes) is 1. The number of nitrogens with zero attached hydrogens (tertiary/aromatic N) is 2. The van der Waals surface area contributed by atoms with Gasteiger partial charge in [0.25, 0.3) is 0 Å². The number of ether oxygens (including phenoxy) is 1. The van der Waals surface area contributed by atoms with Crippen LogP contribution in [0.15, 0.2) is 0 Å². The number of nitrogens with two attached hydrogens (primary N) is 1. The number of carbonyl (C=O) groups is 1. The predicted octanol–water partition coefficient (Wildman–Crippen LogP) is 2.42. The van der Waals surface area contributed by atoms with Gasteiger partial charge in [0.2, 0.25) is 0 Å². The molecule has 0 atom stereocenters. The number of aryl methyl sites for hydroxylation is 1. The van der Waals surface area contributed by atoms with E-state index in [1.54, 1.807) is 0 Å². The lowest BCUT2D eigenvalue weighted by molar-refractivity contribution is -0.131. The Morgan fingerprint density at radius 2 is 2.14 bits per heavy atom. The summed E-state index contributed by atoms with van der Waals surface area (Å²) in [6.45, 7) is 2.06. The van der Waals surface area contributed by atoms with Crippen molar-refractivity contribution in [2.45, 2.75) is 38.9 Å². The number of nitrogen functional groups attached to an aromatic ring is 1. The van der Waals surface area contributed by atoms with Crippen molar-refractivity contribution >= 4 is 17.6 Å². The van der Waals surface area contributed by atoms with Crippen LogP contribution >= 0.6 is 0 Å². The Labute approximate surface area is 120 Å². The van der Waals surface area contributed by atoms with Crippen LogP contribution in [0.3, 0.4) is 0 Å². The lowest BCUT2D eigenvalue weighted by Gasteiger charge is -2.07. The van der Waals surface area contributed by atoms with Gasteiger partial charge < -0.3 is 15.8 Å². The molecule has 9 heteroatoms. The van der Waals surface area contributed by atoms with Crippen LogP contribution in [0.1, 0.15) is 36.5 Å². The molecule has 0 fully saturated rings. The number of hydrogen-bond donors (Lipinski definition) is 2. The molecule has 0 bridgehead atoms. The van der Waals surface area contributed by atoms with Crippen LogP contribution in [0.5, 0.6) is 0 Å². The van der Waals surface area contributed by atoms with Crippen LogP contribution in [0.4, 0.5) is 24.8 Å². The first-order valence-corrected chi connectivity index (χ1v) is 6.55. The van der Waals surface area contributed by atoms with Crippen molar-refractivity contribution < 1.29 is 22.7 Å². The smallest absolute Gasteiger partial charge is 0.390 e. The number of halogens is 3. The Balaban J connectivity index is 2.91. The Kier molecular flexibility index (Phi) is 5.86. The van der Waals surface area contributed by atoms with E-state index >= 15 is 0 Å². The maximum Gasteiger partial charge on any atom is 0.390 e. The van der Waals surface area contributed by atoms with E-state index in [0.29, 0.717) is 6.54 Å². The molecule has 0 unspecified atom stereocenters. The molecule has 120 valence electrons. The molecule has 1 heterocycles. The van der Waals surface area contributed by atoms with Crippen LogP contribution in [0.25, 0.3) is 0 Å². The average molecular weight is 308 g/mol. The molecule has 21 heavy (non-hydrogen) atoms. The molecule has 1 aromatic heterocycles. The standard InChI is InChI=1S/C12H19F3N4O2/c1-3-4-7-19-9(16)8(11(20)21-2)10(18-19)17-6-5-12(13,14)15/h3-7,16H2,1-2H3,(H,17,18). The zero-order chi connectivity index (χ0) is 16.0. The lowest BCUT2D eigenvalue weighted by Crippen LogP contribution is -2.16. The van der Waals surface area contributed by atoms with Gasteiger partial charge in [0.1, 0.15) is 11.4 Å². The third kappa shape index (κ3) is 4.83. The second kappa shape index (κ2) is 7.19. The van der Waals surface area contributed by atoms with Crippen LogP contribution in [-0.2, 0) is 11.3 Å². The van der Waals surface area contributed by atoms with Crippen molar-refractivity contribution in [2.75, 3.05) is 24.7 Å². The minimum atomic E-state index is -4.28. The van der Waals surface area contributed by atoms with Gasteiger partial charge in [-0.2, -0.15) is 18.3 Å². The van der Waals surface area contributed by atoms with Gasteiger partial charge in [0.15, 0.2) is 5.82 Å². The highest BCUT2D eigenvalue weighted by Crippen LogP contribution is 2.24. The van der Waals surface area contributed by atoms with Crippen LogP contribution in [0, 0.1) is 0 Å². The second-order valence-corrected chi connectivity index (χ2v) is 4.47. The first kappa shape index (κ1) is 17.1. The van der Waals surface area contributed by atoms with Gasteiger partial charge in [-0.3, -0.25) is 0 Å². The molecule has 0 radical (unpaired) electrons. The van der Waals surface area contributed by atoms with Crippen molar-refractivity contribution in [3.63, 3.8) is 0 Å². The molecule has 1 rings (SSSR count). The van der Waals surface area contributed by atoms with Crippen molar-refractivity contribution in [1.82, 2.24) is 9.78 Å². The molecular weight excluding hydrogens is 289 g/mol. The van der Waals surface area contributed by atoms with Crippen LogP contribution in [-0.4, -0.2) is 35.6 Å². The third-order valence-electron chi connectivity index (χ3n) is 2.81. The number of carbonyl (C=O) groups excluding carboxylic acids is 1. The molecule has 0 amide bonds. The van der Waals surface area contributed by atoms with E-state index in [-0.39, 0.29) is 17.2 Å².